The Morgan fingerprint density at radius 1 is 1.03 bits per heavy atom. The van der Waals surface area contributed by atoms with Gasteiger partial charge in [0.25, 0.3) is 0 Å². The van der Waals surface area contributed by atoms with Gasteiger partial charge < -0.3 is 14.0 Å². The summed E-state index contributed by atoms with van der Waals surface area (Å²) in [6.07, 6.45) is 1.60. The van der Waals surface area contributed by atoms with Crippen molar-refractivity contribution in [2.45, 2.75) is 43.1 Å². The van der Waals surface area contributed by atoms with E-state index in [2.05, 4.69) is 10.1 Å². The molecule has 0 spiro atoms. The predicted octanol–water partition coefficient (Wildman–Crippen LogP) is 6.37. The number of hydrogen-bond donors (Lipinski definition) is 1. The summed E-state index contributed by atoms with van der Waals surface area (Å²) in [4.78, 5) is 14.3. The molecule has 1 N–H and O–H groups in total. The highest BCUT2D eigenvalue weighted by Crippen LogP contribution is 2.33. The van der Waals surface area contributed by atoms with Crippen LogP contribution in [0.4, 0.5) is 8.78 Å². The van der Waals surface area contributed by atoms with Crippen molar-refractivity contribution < 1.29 is 27.6 Å². The van der Waals surface area contributed by atoms with E-state index < -0.39 is 22.4 Å². The fourth-order valence-electron chi connectivity index (χ4n) is 3.48. The largest absolute Gasteiger partial charge is 0.480 e. The van der Waals surface area contributed by atoms with Crippen LogP contribution in [0.15, 0.2) is 80.8 Å². The molecular weight excluding hydrogens is 474 g/mol. The van der Waals surface area contributed by atoms with Crippen LogP contribution in [0.5, 0.6) is 0 Å². The Kier molecular flexibility index (Phi) is 7.37. The summed E-state index contributed by atoms with van der Waals surface area (Å²) in [5, 5.41) is 13.3. The number of aliphatic carboxylic acids is 1. The Bertz CT molecular complexity index is 1290. The number of carboxylic acids is 1. The first-order chi connectivity index (χ1) is 16.7. The molecule has 4 aromatic rings. The van der Waals surface area contributed by atoms with E-state index in [1.54, 1.807) is 26.2 Å². The van der Waals surface area contributed by atoms with Gasteiger partial charge in [0.15, 0.2) is 5.76 Å². The molecule has 2 aromatic heterocycles. The Morgan fingerprint density at radius 2 is 1.77 bits per heavy atom. The van der Waals surface area contributed by atoms with E-state index in [9.17, 15) is 18.7 Å². The van der Waals surface area contributed by atoms with Crippen LogP contribution in [-0.2, 0) is 24.4 Å². The number of carbonyl (C=O) groups is 1. The van der Waals surface area contributed by atoms with E-state index in [1.165, 1.54) is 23.9 Å². The highest BCUT2D eigenvalue weighted by Gasteiger charge is 2.28. The van der Waals surface area contributed by atoms with Crippen molar-refractivity contribution in [1.29, 1.82) is 0 Å². The number of rotatable bonds is 10. The molecule has 0 bridgehead atoms. The lowest BCUT2D eigenvalue weighted by molar-refractivity contribution is -0.138. The zero-order chi connectivity index (χ0) is 25.0. The number of carboxylic acid groups (broad SMARTS) is 1. The summed E-state index contributed by atoms with van der Waals surface area (Å²) in [6.45, 7) is 4.76. The quantitative estimate of drug-likeness (QED) is 0.255. The standard InChI is InChI=1S/C26H24F2N2O4S/c1-26(2,25(31)32)35-21-8-5-17(6-9-21)14-30(15-19-4-3-11-33-19)16-20-13-24(29-34-20)22-10-7-18(27)12-23(22)28/h3-13H,14-16H2,1-2H3,(H,31,32). The number of furan rings is 1. The second kappa shape index (κ2) is 10.5. The molecule has 0 fully saturated rings. The highest BCUT2D eigenvalue weighted by molar-refractivity contribution is 8.01. The van der Waals surface area contributed by atoms with Gasteiger partial charge in [0.05, 0.1) is 19.4 Å². The molecular formula is C26H24F2N2O4S. The average Bonchev–Trinajstić information content (AvgIpc) is 3.47. The summed E-state index contributed by atoms with van der Waals surface area (Å²) in [6, 6.07) is 16.4. The topological polar surface area (TPSA) is 79.7 Å². The van der Waals surface area contributed by atoms with Crippen LogP contribution in [0.2, 0.25) is 0 Å². The zero-order valence-electron chi connectivity index (χ0n) is 19.2. The van der Waals surface area contributed by atoms with Crippen molar-refractivity contribution in [3.63, 3.8) is 0 Å². The van der Waals surface area contributed by atoms with Gasteiger partial charge in [0.1, 0.15) is 27.8 Å². The number of hydrogen-bond acceptors (Lipinski definition) is 6. The number of halogens is 2. The first-order valence-electron chi connectivity index (χ1n) is 10.9. The summed E-state index contributed by atoms with van der Waals surface area (Å²) >= 11 is 1.29. The average molecular weight is 499 g/mol. The molecule has 2 heterocycles. The molecule has 0 aliphatic carbocycles. The van der Waals surface area contributed by atoms with Crippen LogP contribution in [0.25, 0.3) is 11.3 Å². The van der Waals surface area contributed by atoms with Crippen molar-refractivity contribution in [2.24, 2.45) is 0 Å². The molecule has 0 aliphatic rings. The van der Waals surface area contributed by atoms with E-state index >= 15 is 0 Å². The van der Waals surface area contributed by atoms with Crippen molar-refractivity contribution in [1.82, 2.24) is 10.1 Å². The van der Waals surface area contributed by atoms with Crippen LogP contribution in [0, 0.1) is 11.6 Å². The molecule has 2 aromatic carbocycles. The van der Waals surface area contributed by atoms with Gasteiger partial charge >= 0.3 is 5.97 Å². The minimum atomic E-state index is -0.930. The van der Waals surface area contributed by atoms with Gasteiger partial charge in [-0.1, -0.05) is 17.3 Å². The molecule has 0 unspecified atom stereocenters. The molecule has 35 heavy (non-hydrogen) atoms. The summed E-state index contributed by atoms with van der Waals surface area (Å²) in [5.41, 5.74) is 1.47. The van der Waals surface area contributed by atoms with Crippen LogP contribution in [-0.4, -0.2) is 25.9 Å². The zero-order valence-corrected chi connectivity index (χ0v) is 20.0. The molecule has 0 saturated carbocycles. The Morgan fingerprint density at radius 3 is 2.43 bits per heavy atom. The third-order valence-electron chi connectivity index (χ3n) is 5.32. The molecule has 9 heteroatoms. The number of benzene rings is 2. The summed E-state index contributed by atoms with van der Waals surface area (Å²) in [5.74, 6) is -0.949. The van der Waals surface area contributed by atoms with Crippen LogP contribution in [0.3, 0.4) is 0 Å². The van der Waals surface area contributed by atoms with Gasteiger partial charge in [-0.25, -0.2) is 8.78 Å². The number of nitrogens with zero attached hydrogens (tertiary/aromatic N) is 2. The van der Waals surface area contributed by atoms with Crippen molar-refractivity contribution in [3.05, 3.63) is 95.6 Å². The monoisotopic (exact) mass is 498 g/mol. The summed E-state index contributed by atoms with van der Waals surface area (Å²) < 4.78 is 37.4. The molecule has 0 atom stereocenters. The number of thioether (sulfide) groups is 1. The van der Waals surface area contributed by atoms with Gasteiger partial charge in [0, 0.05) is 29.1 Å². The van der Waals surface area contributed by atoms with Crippen molar-refractivity contribution in [2.75, 3.05) is 0 Å². The smallest absolute Gasteiger partial charge is 0.319 e. The molecule has 6 nitrogen and oxygen atoms in total. The highest BCUT2D eigenvalue weighted by atomic mass is 32.2. The Hall–Kier alpha value is -3.43. The summed E-state index contributed by atoms with van der Waals surface area (Å²) in [7, 11) is 0. The van der Waals surface area contributed by atoms with E-state index in [0.717, 1.165) is 22.3 Å². The van der Waals surface area contributed by atoms with Crippen molar-refractivity contribution >= 4 is 17.7 Å². The van der Waals surface area contributed by atoms with Crippen LogP contribution in [0.1, 0.15) is 30.9 Å². The van der Waals surface area contributed by atoms with Gasteiger partial charge in [-0.2, -0.15) is 0 Å². The van der Waals surface area contributed by atoms with E-state index in [1.807, 2.05) is 36.4 Å². The Labute approximate surface area is 205 Å². The van der Waals surface area contributed by atoms with E-state index in [0.29, 0.717) is 25.4 Å². The van der Waals surface area contributed by atoms with E-state index in [-0.39, 0.29) is 11.3 Å². The van der Waals surface area contributed by atoms with Crippen LogP contribution < -0.4 is 0 Å². The van der Waals surface area contributed by atoms with E-state index in [4.69, 9.17) is 8.94 Å². The minimum absolute atomic E-state index is 0.163. The molecule has 0 radical (unpaired) electrons. The Balaban J connectivity index is 1.49. The first kappa shape index (κ1) is 24.7. The second-order valence-electron chi connectivity index (χ2n) is 8.59. The van der Waals surface area contributed by atoms with Gasteiger partial charge in [-0.15, -0.1) is 11.8 Å². The van der Waals surface area contributed by atoms with Gasteiger partial charge in [-0.3, -0.25) is 9.69 Å². The van der Waals surface area contributed by atoms with Gasteiger partial charge in [0.2, 0.25) is 0 Å². The lowest BCUT2D eigenvalue weighted by Gasteiger charge is -2.21. The lowest BCUT2D eigenvalue weighted by Crippen LogP contribution is -2.26. The molecule has 0 saturated heterocycles. The lowest BCUT2D eigenvalue weighted by atomic mass is 10.1. The maximum atomic E-state index is 14.1. The van der Waals surface area contributed by atoms with Gasteiger partial charge in [-0.05, 0) is 55.8 Å². The molecule has 0 amide bonds. The van der Waals surface area contributed by atoms with Crippen LogP contribution >= 0.6 is 11.8 Å². The molecule has 0 aliphatic heterocycles. The minimum Gasteiger partial charge on any atom is -0.480 e. The molecule has 182 valence electrons. The normalized spacial score (nSPS) is 11.8. The fourth-order valence-corrected chi connectivity index (χ4v) is 4.43. The third-order valence-corrected chi connectivity index (χ3v) is 6.52. The maximum Gasteiger partial charge on any atom is 0.319 e. The second-order valence-corrected chi connectivity index (χ2v) is 10.3. The number of aromatic nitrogens is 1. The molecule has 4 rings (SSSR count). The van der Waals surface area contributed by atoms with Crippen molar-refractivity contribution in [3.8, 4) is 11.3 Å². The maximum absolute atomic E-state index is 14.1. The fraction of sp³-hybridized carbons (Fsp3) is 0.231. The third kappa shape index (κ3) is 6.37. The predicted molar refractivity (Wildman–Crippen MR) is 128 cm³/mol. The SMILES string of the molecule is CC(C)(Sc1ccc(CN(Cc2ccco2)Cc2cc(-c3ccc(F)cc3F)no2)cc1)C(=O)O. The first-order valence-corrected chi connectivity index (χ1v) is 11.7.